The zero-order valence-corrected chi connectivity index (χ0v) is 13.4. The Hall–Kier alpha value is -2.09. The lowest BCUT2D eigenvalue weighted by molar-refractivity contribution is 0.0926. The molecule has 1 aliphatic heterocycles. The van der Waals surface area contributed by atoms with E-state index >= 15 is 0 Å². The summed E-state index contributed by atoms with van der Waals surface area (Å²) in [6.07, 6.45) is 8.14. The Morgan fingerprint density at radius 3 is 2.59 bits per heavy atom. The molecule has 1 aliphatic rings. The minimum atomic E-state index is -0.152. The Morgan fingerprint density at radius 1 is 1.23 bits per heavy atom. The number of anilines is 1. The molecule has 7 nitrogen and oxygen atoms in total. The van der Waals surface area contributed by atoms with Crippen molar-refractivity contribution in [3.05, 3.63) is 41.2 Å². The third kappa shape index (κ3) is 3.56. The van der Waals surface area contributed by atoms with E-state index in [0.717, 1.165) is 36.4 Å². The van der Waals surface area contributed by atoms with Crippen LogP contribution in [0.5, 0.6) is 0 Å². The topological polar surface area (TPSA) is 83.9 Å². The van der Waals surface area contributed by atoms with Gasteiger partial charge in [-0.3, -0.25) is 4.79 Å². The van der Waals surface area contributed by atoms with E-state index in [1.807, 2.05) is 0 Å². The van der Waals surface area contributed by atoms with Crippen LogP contribution in [0.4, 0.5) is 5.95 Å². The molecule has 0 unspecified atom stereocenters. The molecule has 8 heteroatoms. The fourth-order valence-corrected chi connectivity index (χ4v) is 2.58. The van der Waals surface area contributed by atoms with Crippen molar-refractivity contribution >= 4 is 27.8 Å². The van der Waals surface area contributed by atoms with Crippen molar-refractivity contribution in [3.8, 4) is 0 Å². The van der Waals surface area contributed by atoms with Gasteiger partial charge in [0.25, 0.3) is 5.91 Å². The van der Waals surface area contributed by atoms with Crippen molar-refractivity contribution in [2.24, 2.45) is 0 Å². The molecule has 1 fully saturated rings. The molecule has 0 saturated carbocycles. The molecule has 3 rings (SSSR count). The van der Waals surface area contributed by atoms with Crippen molar-refractivity contribution in [1.29, 1.82) is 0 Å². The van der Waals surface area contributed by atoms with Gasteiger partial charge in [0.05, 0.1) is 4.47 Å². The first-order valence-corrected chi connectivity index (χ1v) is 7.81. The molecule has 1 saturated heterocycles. The van der Waals surface area contributed by atoms with Crippen molar-refractivity contribution < 1.29 is 4.79 Å². The number of nitrogens with zero attached hydrogens (tertiary/aromatic N) is 5. The van der Waals surface area contributed by atoms with E-state index < -0.39 is 0 Å². The molecule has 0 atom stereocenters. The maximum atomic E-state index is 12.1. The molecule has 1 amide bonds. The Morgan fingerprint density at radius 2 is 1.95 bits per heavy atom. The zero-order valence-electron chi connectivity index (χ0n) is 11.8. The van der Waals surface area contributed by atoms with Gasteiger partial charge in [0.15, 0.2) is 0 Å². The first-order valence-electron chi connectivity index (χ1n) is 7.02. The normalized spacial score (nSPS) is 15.6. The SMILES string of the molecule is O=C(NC1CCN(c2ncc(Br)cn2)CC1)c1ccncn1. The van der Waals surface area contributed by atoms with Crippen LogP contribution >= 0.6 is 15.9 Å². The van der Waals surface area contributed by atoms with E-state index in [1.165, 1.54) is 6.33 Å². The molecular formula is C14H15BrN6O. The van der Waals surface area contributed by atoms with Gasteiger partial charge < -0.3 is 10.2 Å². The van der Waals surface area contributed by atoms with E-state index in [-0.39, 0.29) is 11.9 Å². The van der Waals surface area contributed by atoms with Gasteiger partial charge in [0, 0.05) is 37.7 Å². The van der Waals surface area contributed by atoms with Crippen LogP contribution in [0.3, 0.4) is 0 Å². The summed E-state index contributed by atoms with van der Waals surface area (Å²) in [6.45, 7) is 1.63. The number of nitrogens with one attached hydrogen (secondary N) is 1. The minimum absolute atomic E-state index is 0.147. The van der Waals surface area contributed by atoms with Gasteiger partial charge in [-0.2, -0.15) is 0 Å². The van der Waals surface area contributed by atoms with Crippen molar-refractivity contribution in [3.63, 3.8) is 0 Å². The summed E-state index contributed by atoms with van der Waals surface area (Å²) in [5, 5.41) is 3.01. The van der Waals surface area contributed by atoms with Gasteiger partial charge in [-0.15, -0.1) is 0 Å². The summed E-state index contributed by atoms with van der Waals surface area (Å²) in [5.74, 6) is 0.574. The highest BCUT2D eigenvalue weighted by Gasteiger charge is 2.22. The largest absolute Gasteiger partial charge is 0.348 e. The molecular weight excluding hydrogens is 348 g/mol. The van der Waals surface area contributed by atoms with Gasteiger partial charge >= 0.3 is 0 Å². The first-order chi connectivity index (χ1) is 10.7. The molecule has 114 valence electrons. The standard InChI is InChI=1S/C14H15BrN6O/c15-10-7-17-14(18-8-10)21-5-2-11(3-6-21)20-13(22)12-1-4-16-9-19-12/h1,4,7-9,11H,2-3,5-6H2,(H,20,22). The molecule has 0 bridgehead atoms. The maximum absolute atomic E-state index is 12.1. The number of rotatable bonds is 3. The van der Waals surface area contributed by atoms with E-state index in [4.69, 9.17) is 0 Å². The van der Waals surface area contributed by atoms with Gasteiger partial charge in [0.2, 0.25) is 5.95 Å². The summed E-state index contributed by atoms with van der Waals surface area (Å²) in [7, 11) is 0. The molecule has 3 heterocycles. The molecule has 1 N–H and O–H groups in total. The summed E-state index contributed by atoms with van der Waals surface area (Å²) < 4.78 is 0.864. The average Bonchev–Trinajstić information content (AvgIpc) is 2.57. The molecule has 2 aromatic heterocycles. The smallest absolute Gasteiger partial charge is 0.270 e. The Labute approximate surface area is 136 Å². The lowest BCUT2D eigenvalue weighted by atomic mass is 10.1. The number of carbonyl (C=O) groups is 1. The van der Waals surface area contributed by atoms with Crippen LogP contribution < -0.4 is 10.2 Å². The summed E-state index contributed by atoms with van der Waals surface area (Å²) in [4.78, 5) is 30.5. The Balaban J connectivity index is 1.53. The van der Waals surface area contributed by atoms with Crippen molar-refractivity contribution in [2.45, 2.75) is 18.9 Å². The number of halogens is 1. The summed E-state index contributed by atoms with van der Waals surface area (Å²) in [6, 6.07) is 1.76. The van der Waals surface area contributed by atoms with Gasteiger partial charge in [0.1, 0.15) is 12.0 Å². The lowest BCUT2D eigenvalue weighted by Gasteiger charge is -2.32. The predicted octanol–water partition coefficient (Wildman–Crippen LogP) is 1.43. The third-order valence-corrected chi connectivity index (χ3v) is 3.94. The number of amides is 1. The van der Waals surface area contributed by atoms with Crippen LogP contribution in [0, 0.1) is 0 Å². The highest BCUT2D eigenvalue weighted by Crippen LogP contribution is 2.17. The number of piperidine rings is 1. The number of aromatic nitrogens is 4. The van der Waals surface area contributed by atoms with E-state index in [1.54, 1.807) is 24.7 Å². The second kappa shape index (κ2) is 6.78. The third-order valence-electron chi connectivity index (χ3n) is 3.53. The molecule has 0 aliphatic carbocycles. The average molecular weight is 363 g/mol. The number of carbonyl (C=O) groups excluding carboxylic acids is 1. The fourth-order valence-electron chi connectivity index (χ4n) is 2.38. The second-order valence-corrected chi connectivity index (χ2v) is 5.95. The van der Waals surface area contributed by atoms with E-state index in [2.05, 4.69) is 46.1 Å². The van der Waals surface area contributed by atoms with Crippen LogP contribution in [-0.2, 0) is 0 Å². The van der Waals surface area contributed by atoms with Gasteiger partial charge in [-0.05, 0) is 34.8 Å². The lowest BCUT2D eigenvalue weighted by Crippen LogP contribution is -2.45. The summed E-state index contributed by atoms with van der Waals surface area (Å²) in [5.41, 5.74) is 0.397. The van der Waals surface area contributed by atoms with E-state index in [0.29, 0.717) is 5.69 Å². The fraction of sp³-hybridized carbons (Fsp3) is 0.357. The Bertz CT molecular complexity index is 628. The van der Waals surface area contributed by atoms with Crippen LogP contribution in [-0.4, -0.2) is 45.0 Å². The predicted molar refractivity (Wildman–Crippen MR) is 84.5 cm³/mol. The molecule has 22 heavy (non-hydrogen) atoms. The van der Waals surface area contributed by atoms with Crippen LogP contribution in [0.2, 0.25) is 0 Å². The molecule has 0 aromatic carbocycles. The zero-order chi connectivity index (χ0) is 15.4. The van der Waals surface area contributed by atoms with Crippen molar-refractivity contribution in [1.82, 2.24) is 25.3 Å². The maximum Gasteiger partial charge on any atom is 0.270 e. The van der Waals surface area contributed by atoms with Crippen LogP contribution in [0.25, 0.3) is 0 Å². The summed E-state index contributed by atoms with van der Waals surface area (Å²) >= 11 is 3.33. The first kappa shape index (κ1) is 14.8. The quantitative estimate of drug-likeness (QED) is 0.888. The van der Waals surface area contributed by atoms with Crippen LogP contribution in [0.15, 0.2) is 35.5 Å². The Kier molecular flexibility index (Phi) is 4.57. The second-order valence-electron chi connectivity index (χ2n) is 5.03. The number of hydrogen-bond acceptors (Lipinski definition) is 6. The monoisotopic (exact) mass is 362 g/mol. The van der Waals surface area contributed by atoms with Crippen LogP contribution in [0.1, 0.15) is 23.3 Å². The van der Waals surface area contributed by atoms with Gasteiger partial charge in [-0.25, -0.2) is 19.9 Å². The molecule has 0 radical (unpaired) electrons. The molecule has 2 aromatic rings. The minimum Gasteiger partial charge on any atom is -0.348 e. The van der Waals surface area contributed by atoms with E-state index in [9.17, 15) is 4.79 Å². The molecule has 0 spiro atoms. The number of hydrogen-bond donors (Lipinski definition) is 1. The van der Waals surface area contributed by atoms with Gasteiger partial charge in [-0.1, -0.05) is 0 Å². The highest BCUT2D eigenvalue weighted by molar-refractivity contribution is 9.10. The highest BCUT2D eigenvalue weighted by atomic mass is 79.9. The van der Waals surface area contributed by atoms with Crippen molar-refractivity contribution in [2.75, 3.05) is 18.0 Å².